The van der Waals surface area contributed by atoms with Crippen LogP contribution in [0.4, 0.5) is 5.69 Å². The summed E-state index contributed by atoms with van der Waals surface area (Å²) in [5.41, 5.74) is 5.12. The quantitative estimate of drug-likeness (QED) is 0.307. The van der Waals surface area contributed by atoms with Crippen LogP contribution >= 0.6 is 12.2 Å². The zero-order valence-corrected chi connectivity index (χ0v) is 18.2. The number of benzene rings is 2. The summed E-state index contributed by atoms with van der Waals surface area (Å²) >= 11 is 5.24. The van der Waals surface area contributed by atoms with Crippen LogP contribution in [0, 0.1) is 11.8 Å². The van der Waals surface area contributed by atoms with E-state index >= 15 is 0 Å². The summed E-state index contributed by atoms with van der Waals surface area (Å²) in [7, 11) is 1.56. The molecule has 1 aliphatic heterocycles. The zero-order valence-electron chi connectivity index (χ0n) is 17.4. The predicted octanol–water partition coefficient (Wildman–Crippen LogP) is 3.24. The van der Waals surface area contributed by atoms with Crippen molar-refractivity contribution in [2.24, 2.45) is 16.9 Å². The van der Waals surface area contributed by atoms with Gasteiger partial charge in [-0.3, -0.25) is 19.9 Å². The Labute approximate surface area is 191 Å². The van der Waals surface area contributed by atoms with Crippen LogP contribution in [0.3, 0.4) is 0 Å². The van der Waals surface area contributed by atoms with Gasteiger partial charge in [-0.1, -0.05) is 42.5 Å². The molecule has 2 atom stereocenters. The van der Waals surface area contributed by atoms with Crippen LogP contribution in [0.2, 0.25) is 0 Å². The molecule has 0 unspecified atom stereocenters. The monoisotopic (exact) mass is 446 g/mol. The Kier molecular flexibility index (Phi) is 6.42. The number of carbonyl (C=O) groups excluding carboxylic acids is 2. The van der Waals surface area contributed by atoms with Crippen molar-refractivity contribution < 1.29 is 14.3 Å². The van der Waals surface area contributed by atoms with E-state index in [1.807, 2.05) is 42.5 Å². The molecule has 0 spiro atoms. The molecule has 4 rings (SSSR count). The fourth-order valence-corrected chi connectivity index (χ4v) is 3.89. The zero-order chi connectivity index (χ0) is 22.5. The number of fused-ring (bicyclic) bond motifs is 1. The van der Waals surface area contributed by atoms with Crippen LogP contribution < -0.4 is 15.5 Å². The number of nitrogens with one attached hydrogen (secondary N) is 2. The number of methoxy groups -OCH3 is 1. The Morgan fingerprint density at radius 1 is 1.09 bits per heavy atom. The Bertz CT molecular complexity index is 1100. The van der Waals surface area contributed by atoms with Gasteiger partial charge >= 0.3 is 0 Å². The van der Waals surface area contributed by atoms with E-state index in [9.17, 15) is 9.59 Å². The van der Waals surface area contributed by atoms with E-state index in [0.717, 1.165) is 16.8 Å². The number of anilines is 1. The van der Waals surface area contributed by atoms with Gasteiger partial charge in [0.05, 0.1) is 31.7 Å². The molecule has 2 amide bonds. The number of carbonyl (C=O) groups is 2. The van der Waals surface area contributed by atoms with Crippen LogP contribution in [-0.4, -0.2) is 35.2 Å². The van der Waals surface area contributed by atoms with Crippen LogP contribution in [0.15, 0.2) is 77.9 Å². The highest BCUT2D eigenvalue weighted by Crippen LogP contribution is 2.33. The lowest BCUT2D eigenvalue weighted by Gasteiger charge is -2.17. The number of hydrogen-bond donors (Lipinski definition) is 2. The van der Waals surface area contributed by atoms with Gasteiger partial charge in [-0.15, -0.1) is 0 Å². The first-order chi connectivity index (χ1) is 15.6. The Hall–Kier alpha value is -3.78. The third-order valence-electron chi connectivity index (χ3n) is 5.28. The summed E-state index contributed by atoms with van der Waals surface area (Å²) in [6.07, 6.45) is 8.78. The Balaban J connectivity index is 1.44. The first kappa shape index (κ1) is 21.5. The van der Waals surface area contributed by atoms with Gasteiger partial charge in [-0.25, -0.2) is 0 Å². The van der Waals surface area contributed by atoms with Gasteiger partial charge in [-0.05, 0) is 48.1 Å². The molecule has 1 fully saturated rings. The van der Waals surface area contributed by atoms with Crippen molar-refractivity contribution in [1.82, 2.24) is 10.3 Å². The molecule has 2 aromatic carbocycles. The lowest BCUT2D eigenvalue weighted by atomic mass is 9.91. The van der Waals surface area contributed by atoms with Gasteiger partial charge in [0, 0.05) is 11.3 Å². The molecule has 1 aliphatic carbocycles. The molecule has 0 radical (unpaired) electrons. The SMILES string of the molecule is COc1ccc(/C=N\NC(=S)Nc2ccccc2)cc1CN1C(=O)[C@H]2C=CC=C[C@H]2C1=O. The van der Waals surface area contributed by atoms with Crippen molar-refractivity contribution in [2.75, 3.05) is 12.4 Å². The number of imide groups is 1. The topological polar surface area (TPSA) is 83.0 Å². The number of amides is 2. The number of para-hydroxylation sites is 1. The predicted molar refractivity (Wildman–Crippen MR) is 127 cm³/mol. The number of hydrazone groups is 1. The lowest BCUT2D eigenvalue weighted by Crippen LogP contribution is -2.30. The average Bonchev–Trinajstić information content (AvgIpc) is 3.05. The molecule has 162 valence electrons. The van der Waals surface area contributed by atoms with E-state index in [0.29, 0.717) is 10.9 Å². The van der Waals surface area contributed by atoms with Gasteiger partial charge in [0.25, 0.3) is 0 Å². The summed E-state index contributed by atoms with van der Waals surface area (Å²) in [6, 6.07) is 15.0. The number of hydrogen-bond acceptors (Lipinski definition) is 5. The maximum absolute atomic E-state index is 12.8. The molecule has 7 nitrogen and oxygen atoms in total. The second-order valence-corrected chi connectivity index (χ2v) is 7.75. The summed E-state index contributed by atoms with van der Waals surface area (Å²) in [5, 5.41) is 7.56. The standard InChI is InChI=1S/C24H22N4O3S/c1-31-21-12-11-16(14-25-27-24(32)26-18-7-3-2-4-8-18)13-17(21)15-28-22(29)19-9-5-6-10-20(19)23(28)30/h2-14,19-20H,15H2,1H3,(H2,26,27,32)/b25-14-/t19-,20+. The molecule has 32 heavy (non-hydrogen) atoms. The molecule has 2 N–H and O–H groups in total. The molecule has 0 bridgehead atoms. The van der Waals surface area contributed by atoms with E-state index in [2.05, 4.69) is 15.8 Å². The van der Waals surface area contributed by atoms with E-state index in [4.69, 9.17) is 17.0 Å². The second-order valence-electron chi connectivity index (χ2n) is 7.35. The molecule has 8 heteroatoms. The number of likely N-dealkylation sites (tertiary alicyclic amines) is 1. The first-order valence-electron chi connectivity index (χ1n) is 10.1. The van der Waals surface area contributed by atoms with Gasteiger partial charge in [0.1, 0.15) is 5.75 Å². The normalized spacial score (nSPS) is 19.3. The maximum atomic E-state index is 12.8. The third-order valence-corrected chi connectivity index (χ3v) is 5.47. The Morgan fingerprint density at radius 2 is 1.78 bits per heavy atom. The molecule has 1 saturated heterocycles. The van der Waals surface area contributed by atoms with Crippen LogP contribution in [-0.2, 0) is 16.1 Å². The van der Waals surface area contributed by atoms with Crippen molar-refractivity contribution in [3.05, 3.63) is 84.0 Å². The van der Waals surface area contributed by atoms with E-state index in [1.54, 1.807) is 43.7 Å². The molecule has 0 aromatic heterocycles. The highest BCUT2D eigenvalue weighted by atomic mass is 32.1. The highest BCUT2D eigenvalue weighted by molar-refractivity contribution is 7.80. The van der Waals surface area contributed by atoms with Gasteiger partial charge in [0.15, 0.2) is 5.11 Å². The minimum absolute atomic E-state index is 0.138. The highest BCUT2D eigenvalue weighted by Gasteiger charge is 2.45. The molecule has 2 aliphatic rings. The van der Waals surface area contributed by atoms with Crippen LogP contribution in [0.1, 0.15) is 11.1 Å². The summed E-state index contributed by atoms with van der Waals surface area (Å²) in [4.78, 5) is 26.8. The number of rotatable bonds is 6. The third kappa shape index (κ3) is 4.60. The molecule has 1 heterocycles. The Morgan fingerprint density at radius 3 is 2.44 bits per heavy atom. The van der Waals surface area contributed by atoms with Crippen molar-refractivity contribution in [3.63, 3.8) is 0 Å². The van der Waals surface area contributed by atoms with E-state index < -0.39 is 11.8 Å². The summed E-state index contributed by atoms with van der Waals surface area (Å²) in [6.45, 7) is 0.138. The van der Waals surface area contributed by atoms with E-state index in [-0.39, 0.29) is 18.4 Å². The lowest BCUT2D eigenvalue weighted by molar-refractivity contribution is -0.140. The molecular weight excluding hydrogens is 424 g/mol. The fourth-order valence-electron chi connectivity index (χ4n) is 3.72. The molecular formula is C24H22N4O3S. The number of thiocarbonyl (C=S) groups is 1. The summed E-state index contributed by atoms with van der Waals surface area (Å²) in [5.74, 6) is -0.643. The van der Waals surface area contributed by atoms with Gasteiger partial charge in [0.2, 0.25) is 11.8 Å². The fraction of sp³-hybridized carbons (Fsp3) is 0.167. The number of nitrogens with zero attached hydrogens (tertiary/aromatic N) is 2. The number of ether oxygens (including phenoxy) is 1. The maximum Gasteiger partial charge on any atom is 0.237 e. The average molecular weight is 447 g/mol. The van der Waals surface area contributed by atoms with Crippen LogP contribution in [0.25, 0.3) is 0 Å². The first-order valence-corrected chi connectivity index (χ1v) is 10.5. The largest absolute Gasteiger partial charge is 0.496 e. The summed E-state index contributed by atoms with van der Waals surface area (Å²) < 4.78 is 5.44. The smallest absolute Gasteiger partial charge is 0.237 e. The minimum atomic E-state index is -0.425. The van der Waals surface area contributed by atoms with Crippen molar-refractivity contribution in [3.8, 4) is 5.75 Å². The van der Waals surface area contributed by atoms with Crippen molar-refractivity contribution in [2.45, 2.75) is 6.54 Å². The minimum Gasteiger partial charge on any atom is -0.496 e. The van der Waals surface area contributed by atoms with Crippen molar-refractivity contribution in [1.29, 1.82) is 0 Å². The van der Waals surface area contributed by atoms with Crippen molar-refractivity contribution >= 4 is 41.0 Å². The van der Waals surface area contributed by atoms with Gasteiger partial charge < -0.3 is 10.1 Å². The molecule has 2 aromatic rings. The molecule has 0 saturated carbocycles. The van der Waals surface area contributed by atoms with E-state index in [1.165, 1.54) is 4.90 Å². The van der Waals surface area contributed by atoms with Crippen LogP contribution in [0.5, 0.6) is 5.75 Å². The number of allylic oxidation sites excluding steroid dienone is 2. The van der Waals surface area contributed by atoms with Gasteiger partial charge in [-0.2, -0.15) is 5.10 Å². The second kappa shape index (κ2) is 9.57.